The molecule has 0 aliphatic carbocycles. The number of carbonyl (C=O) groups excluding carboxylic acids is 1. The number of rotatable bonds is 7. The van der Waals surface area contributed by atoms with Crippen molar-refractivity contribution in [2.75, 3.05) is 39.4 Å². The van der Waals surface area contributed by atoms with Gasteiger partial charge in [0.1, 0.15) is 5.82 Å². The minimum absolute atomic E-state index is 0.179. The largest absolute Gasteiger partial charge is 0.390 e. The average molecular weight is 324 g/mol. The number of aliphatic hydroxyl groups excluding tert-OH is 1. The average Bonchev–Trinajstić information content (AvgIpc) is 2.54. The first-order valence-electron chi connectivity index (χ1n) is 8.05. The molecule has 0 radical (unpaired) electrons. The van der Waals surface area contributed by atoms with Crippen molar-refractivity contribution in [3.8, 4) is 0 Å². The van der Waals surface area contributed by atoms with E-state index in [2.05, 4.69) is 10.2 Å². The van der Waals surface area contributed by atoms with Gasteiger partial charge in [0.2, 0.25) is 5.91 Å². The molecule has 2 N–H and O–H groups in total. The fourth-order valence-electron chi connectivity index (χ4n) is 2.71. The van der Waals surface area contributed by atoms with Crippen LogP contribution in [0.15, 0.2) is 24.3 Å². The minimum atomic E-state index is -0.610. The number of amides is 1. The van der Waals surface area contributed by atoms with E-state index in [-0.39, 0.29) is 30.6 Å². The molecule has 2 unspecified atom stereocenters. The van der Waals surface area contributed by atoms with Gasteiger partial charge in [-0.2, -0.15) is 0 Å². The molecule has 1 saturated heterocycles. The lowest BCUT2D eigenvalue weighted by molar-refractivity contribution is -0.122. The van der Waals surface area contributed by atoms with Gasteiger partial charge in [0.15, 0.2) is 0 Å². The van der Waals surface area contributed by atoms with Gasteiger partial charge in [-0.15, -0.1) is 0 Å². The van der Waals surface area contributed by atoms with Crippen molar-refractivity contribution < 1.29 is 19.0 Å². The topological polar surface area (TPSA) is 61.8 Å². The fraction of sp³-hybridized carbons (Fsp3) is 0.588. The summed E-state index contributed by atoms with van der Waals surface area (Å²) in [6.45, 7) is 5.51. The van der Waals surface area contributed by atoms with Crippen molar-refractivity contribution in [2.24, 2.45) is 0 Å². The molecular formula is C17H25FN2O3. The summed E-state index contributed by atoms with van der Waals surface area (Å²) in [5.74, 6) is -0.672. The van der Waals surface area contributed by atoms with Gasteiger partial charge in [0, 0.05) is 32.6 Å². The summed E-state index contributed by atoms with van der Waals surface area (Å²) in [6.07, 6.45) is -0.411. The van der Waals surface area contributed by atoms with Crippen LogP contribution < -0.4 is 5.32 Å². The SMILES string of the molecule is CC(CC(=O)NCC(O)CN1CCOCC1)c1ccccc1F. The summed E-state index contributed by atoms with van der Waals surface area (Å²) in [5, 5.41) is 12.7. The second-order valence-corrected chi connectivity index (χ2v) is 6.00. The normalized spacial score (nSPS) is 18.4. The van der Waals surface area contributed by atoms with Crippen LogP contribution in [0.3, 0.4) is 0 Å². The Morgan fingerprint density at radius 3 is 2.78 bits per heavy atom. The van der Waals surface area contributed by atoms with Crippen molar-refractivity contribution >= 4 is 5.91 Å². The second-order valence-electron chi connectivity index (χ2n) is 6.00. The van der Waals surface area contributed by atoms with Crippen LogP contribution in [0.25, 0.3) is 0 Å². The molecule has 0 bridgehead atoms. The van der Waals surface area contributed by atoms with Gasteiger partial charge < -0.3 is 15.2 Å². The molecule has 2 atom stereocenters. The van der Waals surface area contributed by atoms with E-state index in [1.807, 2.05) is 6.92 Å². The van der Waals surface area contributed by atoms with Crippen LogP contribution in [0.4, 0.5) is 4.39 Å². The van der Waals surface area contributed by atoms with E-state index in [1.54, 1.807) is 18.2 Å². The lowest BCUT2D eigenvalue weighted by Crippen LogP contribution is -2.44. The molecule has 1 aliphatic heterocycles. The Morgan fingerprint density at radius 2 is 2.09 bits per heavy atom. The number of aliphatic hydroxyl groups is 1. The van der Waals surface area contributed by atoms with Gasteiger partial charge in [-0.25, -0.2) is 4.39 Å². The summed E-state index contributed by atoms with van der Waals surface area (Å²) in [4.78, 5) is 14.1. The molecule has 128 valence electrons. The van der Waals surface area contributed by atoms with Crippen molar-refractivity contribution in [3.05, 3.63) is 35.6 Å². The van der Waals surface area contributed by atoms with E-state index >= 15 is 0 Å². The molecule has 6 heteroatoms. The number of hydrogen-bond acceptors (Lipinski definition) is 4. The lowest BCUT2D eigenvalue weighted by atomic mass is 9.97. The first kappa shape index (κ1) is 17.8. The van der Waals surface area contributed by atoms with Crippen LogP contribution in [-0.2, 0) is 9.53 Å². The van der Waals surface area contributed by atoms with E-state index < -0.39 is 6.10 Å². The summed E-state index contributed by atoms with van der Waals surface area (Å²) < 4.78 is 18.9. The lowest BCUT2D eigenvalue weighted by Gasteiger charge is -2.28. The third kappa shape index (κ3) is 5.89. The summed E-state index contributed by atoms with van der Waals surface area (Å²) in [6, 6.07) is 6.49. The number of morpholine rings is 1. The van der Waals surface area contributed by atoms with E-state index in [9.17, 15) is 14.3 Å². The maximum atomic E-state index is 13.7. The Kier molecular flexibility index (Phi) is 6.95. The van der Waals surface area contributed by atoms with Crippen molar-refractivity contribution in [1.82, 2.24) is 10.2 Å². The van der Waals surface area contributed by atoms with Gasteiger partial charge in [-0.05, 0) is 17.5 Å². The molecule has 1 aromatic carbocycles. The standard InChI is InChI=1S/C17H25FN2O3/c1-13(15-4-2-3-5-16(15)18)10-17(22)19-11-14(21)12-20-6-8-23-9-7-20/h2-5,13-14,21H,6-12H2,1H3,(H,19,22). The summed E-state index contributed by atoms with van der Waals surface area (Å²) in [5.41, 5.74) is 0.538. The number of halogens is 1. The maximum Gasteiger partial charge on any atom is 0.220 e. The Balaban J connectivity index is 1.71. The number of β-amino-alcohol motifs (C(OH)–C–C–N with tert-alkyl or cyclic N) is 1. The summed E-state index contributed by atoms with van der Waals surface area (Å²) in [7, 11) is 0. The zero-order valence-corrected chi connectivity index (χ0v) is 13.5. The molecule has 23 heavy (non-hydrogen) atoms. The smallest absolute Gasteiger partial charge is 0.220 e. The van der Waals surface area contributed by atoms with E-state index in [0.717, 1.165) is 13.1 Å². The Bertz CT molecular complexity index is 506. The fourth-order valence-corrected chi connectivity index (χ4v) is 2.71. The number of carbonyl (C=O) groups is 1. The molecule has 1 heterocycles. The van der Waals surface area contributed by atoms with Crippen molar-refractivity contribution in [3.63, 3.8) is 0 Å². The van der Waals surface area contributed by atoms with Crippen molar-refractivity contribution in [2.45, 2.75) is 25.4 Å². The molecule has 2 rings (SSSR count). The highest BCUT2D eigenvalue weighted by molar-refractivity contribution is 5.76. The van der Waals surface area contributed by atoms with Gasteiger partial charge >= 0.3 is 0 Å². The van der Waals surface area contributed by atoms with Gasteiger partial charge in [-0.3, -0.25) is 9.69 Å². The monoisotopic (exact) mass is 324 g/mol. The second kappa shape index (κ2) is 8.96. The number of nitrogens with zero attached hydrogens (tertiary/aromatic N) is 1. The van der Waals surface area contributed by atoms with Gasteiger partial charge in [-0.1, -0.05) is 25.1 Å². The van der Waals surface area contributed by atoms with Gasteiger partial charge in [0.05, 0.1) is 19.3 Å². The van der Waals surface area contributed by atoms with Crippen LogP contribution in [0.1, 0.15) is 24.8 Å². The number of nitrogens with one attached hydrogen (secondary N) is 1. The molecular weight excluding hydrogens is 299 g/mol. The molecule has 5 nitrogen and oxygen atoms in total. The maximum absolute atomic E-state index is 13.7. The number of hydrogen-bond donors (Lipinski definition) is 2. The zero-order chi connectivity index (χ0) is 16.7. The van der Waals surface area contributed by atoms with E-state index in [1.165, 1.54) is 6.07 Å². The Morgan fingerprint density at radius 1 is 1.39 bits per heavy atom. The number of ether oxygens (including phenoxy) is 1. The van der Waals surface area contributed by atoms with Crippen molar-refractivity contribution in [1.29, 1.82) is 0 Å². The van der Waals surface area contributed by atoms with E-state index in [0.29, 0.717) is 25.3 Å². The highest BCUT2D eigenvalue weighted by atomic mass is 19.1. The molecule has 0 saturated carbocycles. The van der Waals surface area contributed by atoms with Crippen LogP contribution in [0.5, 0.6) is 0 Å². The molecule has 0 aromatic heterocycles. The predicted octanol–water partition coefficient (Wildman–Crippen LogP) is 1.13. The third-order valence-corrected chi connectivity index (χ3v) is 4.04. The first-order valence-corrected chi connectivity index (χ1v) is 8.05. The zero-order valence-electron chi connectivity index (χ0n) is 13.5. The predicted molar refractivity (Wildman–Crippen MR) is 85.7 cm³/mol. The third-order valence-electron chi connectivity index (χ3n) is 4.04. The Hall–Kier alpha value is -1.50. The summed E-state index contributed by atoms with van der Waals surface area (Å²) >= 11 is 0. The molecule has 0 spiro atoms. The highest BCUT2D eigenvalue weighted by Gasteiger charge is 2.17. The minimum Gasteiger partial charge on any atom is -0.390 e. The quantitative estimate of drug-likeness (QED) is 0.789. The number of benzene rings is 1. The van der Waals surface area contributed by atoms with Crippen LogP contribution in [-0.4, -0.2) is 61.4 Å². The van der Waals surface area contributed by atoms with E-state index in [4.69, 9.17) is 4.74 Å². The molecule has 1 aliphatic rings. The first-order chi connectivity index (χ1) is 11.1. The van der Waals surface area contributed by atoms with Gasteiger partial charge in [0.25, 0.3) is 0 Å². The molecule has 1 aromatic rings. The van der Waals surface area contributed by atoms with Crippen LogP contribution in [0.2, 0.25) is 0 Å². The highest BCUT2D eigenvalue weighted by Crippen LogP contribution is 2.21. The van der Waals surface area contributed by atoms with Crippen LogP contribution >= 0.6 is 0 Å². The molecule has 1 fully saturated rings. The Labute approximate surface area is 136 Å². The molecule has 1 amide bonds. The van der Waals surface area contributed by atoms with Crippen LogP contribution in [0, 0.1) is 5.82 Å².